The number of aromatic nitrogens is 2. The van der Waals surface area contributed by atoms with E-state index >= 15 is 0 Å². The zero-order valence-corrected chi connectivity index (χ0v) is 14.5. The standard InChI is InChI=1S/C19H18N4S.Na.H/c1-14-13-15(2)21-18(20-14)23(17-11-7-4-8-12-17)19(24)22-16-9-5-3-6-10-16;;/h3-13H,1-2H3,(H,22,24);;. The fourth-order valence-electron chi connectivity index (χ4n) is 2.37. The molecule has 0 N–H and O–H groups in total. The van der Waals surface area contributed by atoms with E-state index in [1.54, 1.807) is 0 Å². The molecule has 0 fully saturated rings. The number of aryl methyl sites for hydroxylation is 2. The first-order valence-corrected chi connectivity index (χ1v) is 8.08. The third kappa shape index (κ3) is 5.16. The van der Waals surface area contributed by atoms with Gasteiger partial charge in [-0.15, -0.1) is 12.6 Å². The van der Waals surface area contributed by atoms with Gasteiger partial charge in [0, 0.05) is 11.4 Å². The van der Waals surface area contributed by atoms with Crippen LogP contribution < -0.4 is 4.90 Å². The zero-order valence-electron chi connectivity index (χ0n) is 13.6. The average molecular weight is 358 g/mol. The Balaban J connectivity index is 0.00000225. The summed E-state index contributed by atoms with van der Waals surface area (Å²) < 4.78 is 0. The minimum absolute atomic E-state index is 0. The molecule has 0 radical (unpaired) electrons. The van der Waals surface area contributed by atoms with E-state index in [9.17, 15) is 0 Å². The molecule has 25 heavy (non-hydrogen) atoms. The van der Waals surface area contributed by atoms with E-state index in [2.05, 4.69) is 27.6 Å². The quantitative estimate of drug-likeness (QED) is 0.330. The van der Waals surface area contributed by atoms with Crippen molar-refractivity contribution in [3.63, 3.8) is 0 Å². The van der Waals surface area contributed by atoms with Crippen LogP contribution in [0.25, 0.3) is 0 Å². The molecule has 122 valence electrons. The fraction of sp³-hybridized carbons (Fsp3) is 0.105. The summed E-state index contributed by atoms with van der Waals surface area (Å²) in [6, 6.07) is 21.5. The van der Waals surface area contributed by atoms with Crippen LogP contribution in [0, 0.1) is 13.8 Å². The maximum atomic E-state index is 4.62. The molecule has 3 aromatic rings. The number of rotatable bonds is 3. The SMILES string of the molecule is Cc1cc(C)nc(N(/C(S)=N/c2ccccc2)c2ccccc2)n1.[NaH]. The van der Waals surface area contributed by atoms with E-state index < -0.39 is 0 Å². The molecular formula is C19H19N4NaS. The van der Waals surface area contributed by atoms with Crippen LogP contribution in [0.5, 0.6) is 0 Å². The number of nitrogens with zero attached hydrogens (tertiary/aromatic N) is 4. The zero-order chi connectivity index (χ0) is 16.9. The monoisotopic (exact) mass is 358 g/mol. The average Bonchev–Trinajstić information content (AvgIpc) is 2.56. The Morgan fingerprint density at radius 3 is 1.96 bits per heavy atom. The third-order valence-corrected chi connectivity index (χ3v) is 3.67. The second-order valence-electron chi connectivity index (χ2n) is 5.37. The van der Waals surface area contributed by atoms with Crippen LogP contribution in [-0.4, -0.2) is 44.7 Å². The Hall–Kier alpha value is -1.66. The Kier molecular flexibility index (Phi) is 7.20. The summed E-state index contributed by atoms with van der Waals surface area (Å²) in [6.45, 7) is 3.90. The summed E-state index contributed by atoms with van der Waals surface area (Å²) in [5.74, 6) is 0.559. The Morgan fingerprint density at radius 1 is 0.880 bits per heavy atom. The number of thiol groups is 1. The second-order valence-corrected chi connectivity index (χ2v) is 5.77. The van der Waals surface area contributed by atoms with Crippen molar-refractivity contribution in [1.29, 1.82) is 0 Å². The van der Waals surface area contributed by atoms with Gasteiger partial charge in [-0.2, -0.15) is 0 Å². The van der Waals surface area contributed by atoms with Gasteiger partial charge in [0.05, 0.1) is 11.4 Å². The molecule has 3 rings (SSSR count). The van der Waals surface area contributed by atoms with Crippen LogP contribution in [0.1, 0.15) is 11.4 Å². The minimum atomic E-state index is 0. The Labute approximate surface area is 175 Å². The summed E-state index contributed by atoms with van der Waals surface area (Å²) in [7, 11) is 0. The summed E-state index contributed by atoms with van der Waals surface area (Å²) in [4.78, 5) is 15.6. The molecule has 0 amide bonds. The molecule has 6 heteroatoms. The first kappa shape index (κ1) is 19.7. The molecule has 0 bridgehead atoms. The van der Waals surface area contributed by atoms with Crippen LogP contribution >= 0.6 is 12.6 Å². The van der Waals surface area contributed by atoms with Crippen molar-refractivity contribution in [2.24, 2.45) is 4.99 Å². The second kappa shape index (κ2) is 9.15. The number of benzene rings is 2. The van der Waals surface area contributed by atoms with Crippen molar-refractivity contribution < 1.29 is 0 Å². The van der Waals surface area contributed by atoms with Gasteiger partial charge in [0.2, 0.25) is 5.95 Å². The van der Waals surface area contributed by atoms with Crippen molar-refractivity contribution in [1.82, 2.24) is 9.97 Å². The van der Waals surface area contributed by atoms with E-state index in [-0.39, 0.29) is 29.6 Å². The van der Waals surface area contributed by atoms with E-state index in [1.807, 2.05) is 85.5 Å². The summed E-state index contributed by atoms with van der Waals surface area (Å²) in [5, 5.41) is 0.511. The molecule has 4 nitrogen and oxygen atoms in total. The number of hydrogen-bond donors (Lipinski definition) is 1. The van der Waals surface area contributed by atoms with Gasteiger partial charge in [0.1, 0.15) is 0 Å². The van der Waals surface area contributed by atoms with Gasteiger partial charge in [-0.25, -0.2) is 15.0 Å². The molecule has 0 atom stereocenters. The molecule has 0 saturated heterocycles. The molecule has 0 spiro atoms. The number of aliphatic imine (C=N–C) groups is 1. The molecular weight excluding hydrogens is 339 g/mol. The number of anilines is 2. The van der Waals surface area contributed by atoms with Crippen molar-refractivity contribution >= 4 is 64.7 Å². The summed E-state index contributed by atoms with van der Waals surface area (Å²) in [6.07, 6.45) is 0. The van der Waals surface area contributed by atoms with Crippen LogP contribution in [-0.2, 0) is 0 Å². The Bertz CT molecular complexity index is 834. The van der Waals surface area contributed by atoms with Crippen molar-refractivity contribution in [3.05, 3.63) is 78.1 Å². The maximum absolute atomic E-state index is 4.62. The van der Waals surface area contributed by atoms with Gasteiger partial charge in [-0.3, -0.25) is 4.90 Å². The normalized spacial score (nSPS) is 10.9. The van der Waals surface area contributed by atoms with Crippen LogP contribution in [0.15, 0.2) is 71.7 Å². The van der Waals surface area contributed by atoms with Crippen molar-refractivity contribution in [2.75, 3.05) is 4.90 Å². The Morgan fingerprint density at radius 2 is 1.40 bits per heavy atom. The summed E-state index contributed by atoms with van der Waals surface area (Å²) in [5.41, 5.74) is 3.54. The third-order valence-electron chi connectivity index (χ3n) is 3.37. The van der Waals surface area contributed by atoms with Gasteiger partial charge in [0.25, 0.3) is 0 Å². The fourth-order valence-corrected chi connectivity index (χ4v) is 2.69. The topological polar surface area (TPSA) is 41.4 Å². The molecule has 0 aliphatic heterocycles. The molecule has 0 aliphatic carbocycles. The van der Waals surface area contributed by atoms with E-state index in [0.717, 1.165) is 22.8 Å². The molecule has 1 aromatic heterocycles. The number of para-hydroxylation sites is 2. The molecule has 0 saturated carbocycles. The molecule has 0 aliphatic rings. The van der Waals surface area contributed by atoms with Crippen molar-refractivity contribution in [2.45, 2.75) is 13.8 Å². The molecule has 2 aromatic carbocycles. The first-order valence-electron chi connectivity index (χ1n) is 7.63. The number of amidine groups is 1. The van der Waals surface area contributed by atoms with Crippen molar-refractivity contribution in [3.8, 4) is 0 Å². The molecule has 1 heterocycles. The van der Waals surface area contributed by atoms with E-state index in [0.29, 0.717) is 11.1 Å². The molecule has 0 unspecified atom stereocenters. The van der Waals surface area contributed by atoms with Gasteiger partial charge in [-0.1, -0.05) is 36.4 Å². The van der Waals surface area contributed by atoms with Gasteiger partial charge in [0.15, 0.2) is 5.17 Å². The summed E-state index contributed by atoms with van der Waals surface area (Å²) >= 11 is 4.62. The van der Waals surface area contributed by atoms with Crippen LogP contribution in [0.2, 0.25) is 0 Å². The predicted octanol–water partition coefficient (Wildman–Crippen LogP) is 4.20. The van der Waals surface area contributed by atoms with E-state index in [1.165, 1.54) is 0 Å². The van der Waals surface area contributed by atoms with Crippen LogP contribution in [0.3, 0.4) is 0 Å². The van der Waals surface area contributed by atoms with Gasteiger partial charge < -0.3 is 0 Å². The van der Waals surface area contributed by atoms with Gasteiger partial charge >= 0.3 is 29.6 Å². The van der Waals surface area contributed by atoms with Crippen LogP contribution in [0.4, 0.5) is 17.3 Å². The number of hydrogen-bond acceptors (Lipinski definition) is 3. The first-order chi connectivity index (χ1) is 11.6. The van der Waals surface area contributed by atoms with Gasteiger partial charge in [-0.05, 0) is 44.2 Å². The van der Waals surface area contributed by atoms with E-state index in [4.69, 9.17) is 0 Å². The predicted molar refractivity (Wildman–Crippen MR) is 110 cm³/mol.